The monoisotopic (exact) mass is 341 g/mol. The second kappa shape index (κ2) is 7.63. The SMILES string of the molecule is CN(C)c1ccc([C@@H]2OCCCN2Cc2ccccc2)cc1[N+](=O)[O-]. The molecule has 132 valence electrons. The fraction of sp³-hybridized carbons (Fsp3) is 0.368. The highest BCUT2D eigenvalue weighted by Crippen LogP contribution is 2.34. The second-order valence-electron chi connectivity index (χ2n) is 6.43. The molecule has 0 unspecified atom stereocenters. The number of nitro benzene ring substituents is 1. The van der Waals surface area contributed by atoms with Gasteiger partial charge in [-0.25, -0.2) is 0 Å². The van der Waals surface area contributed by atoms with Crippen molar-refractivity contribution in [3.05, 3.63) is 69.8 Å². The van der Waals surface area contributed by atoms with Crippen LogP contribution in [-0.2, 0) is 11.3 Å². The molecule has 6 nitrogen and oxygen atoms in total. The van der Waals surface area contributed by atoms with Crippen molar-refractivity contribution >= 4 is 11.4 Å². The molecule has 0 spiro atoms. The Balaban J connectivity index is 1.89. The van der Waals surface area contributed by atoms with Gasteiger partial charge >= 0.3 is 0 Å². The van der Waals surface area contributed by atoms with Crippen molar-refractivity contribution in [1.29, 1.82) is 0 Å². The topological polar surface area (TPSA) is 58.8 Å². The summed E-state index contributed by atoms with van der Waals surface area (Å²) in [6, 6.07) is 15.6. The maximum absolute atomic E-state index is 11.5. The maximum Gasteiger partial charge on any atom is 0.292 e. The molecular weight excluding hydrogens is 318 g/mol. The van der Waals surface area contributed by atoms with Crippen molar-refractivity contribution in [1.82, 2.24) is 4.90 Å². The summed E-state index contributed by atoms with van der Waals surface area (Å²) in [5.41, 5.74) is 2.74. The maximum atomic E-state index is 11.5. The molecule has 0 radical (unpaired) electrons. The quantitative estimate of drug-likeness (QED) is 0.614. The van der Waals surface area contributed by atoms with Gasteiger partial charge in [-0.15, -0.1) is 0 Å². The Hall–Kier alpha value is -2.44. The number of ether oxygens (including phenoxy) is 1. The third kappa shape index (κ3) is 3.97. The van der Waals surface area contributed by atoms with E-state index >= 15 is 0 Å². The van der Waals surface area contributed by atoms with Crippen molar-refractivity contribution in [2.75, 3.05) is 32.1 Å². The summed E-state index contributed by atoms with van der Waals surface area (Å²) in [6.07, 6.45) is 0.699. The molecular formula is C19H23N3O3. The number of anilines is 1. The van der Waals surface area contributed by atoms with Crippen LogP contribution in [0.3, 0.4) is 0 Å². The minimum absolute atomic E-state index is 0.108. The molecule has 0 saturated carbocycles. The van der Waals surface area contributed by atoms with E-state index in [9.17, 15) is 10.1 Å². The summed E-state index contributed by atoms with van der Waals surface area (Å²) in [6.45, 7) is 2.33. The molecule has 1 fully saturated rings. The van der Waals surface area contributed by atoms with Crippen molar-refractivity contribution in [2.45, 2.75) is 19.2 Å². The van der Waals surface area contributed by atoms with E-state index in [-0.39, 0.29) is 16.8 Å². The van der Waals surface area contributed by atoms with Crippen LogP contribution in [-0.4, -0.2) is 37.1 Å². The van der Waals surface area contributed by atoms with E-state index in [1.165, 1.54) is 5.56 Å². The molecule has 0 amide bonds. The molecule has 0 bridgehead atoms. The van der Waals surface area contributed by atoms with Gasteiger partial charge in [-0.2, -0.15) is 0 Å². The minimum Gasteiger partial charge on any atom is -0.372 e. The van der Waals surface area contributed by atoms with E-state index in [0.29, 0.717) is 12.3 Å². The van der Waals surface area contributed by atoms with Gasteiger partial charge in [0.1, 0.15) is 11.9 Å². The van der Waals surface area contributed by atoms with Crippen molar-refractivity contribution < 1.29 is 9.66 Å². The number of hydrogen-bond donors (Lipinski definition) is 0. The first-order valence-corrected chi connectivity index (χ1v) is 8.41. The first-order valence-electron chi connectivity index (χ1n) is 8.41. The van der Waals surface area contributed by atoms with Gasteiger partial charge in [0, 0.05) is 38.8 Å². The normalized spacial score (nSPS) is 18.1. The van der Waals surface area contributed by atoms with Crippen LogP contribution in [0.4, 0.5) is 11.4 Å². The van der Waals surface area contributed by atoms with Gasteiger partial charge in [-0.1, -0.05) is 36.4 Å². The molecule has 25 heavy (non-hydrogen) atoms. The Morgan fingerprint density at radius 3 is 2.68 bits per heavy atom. The van der Waals surface area contributed by atoms with Crippen molar-refractivity contribution in [3.63, 3.8) is 0 Å². The number of nitro groups is 1. The van der Waals surface area contributed by atoms with Crippen molar-refractivity contribution in [3.8, 4) is 0 Å². The molecule has 1 atom stereocenters. The average molecular weight is 341 g/mol. The number of nitrogens with zero attached hydrogens (tertiary/aromatic N) is 3. The van der Waals surface area contributed by atoms with Gasteiger partial charge in [0.15, 0.2) is 0 Å². The largest absolute Gasteiger partial charge is 0.372 e. The molecule has 6 heteroatoms. The van der Waals surface area contributed by atoms with E-state index < -0.39 is 0 Å². The molecule has 0 aliphatic carbocycles. The van der Waals surface area contributed by atoms with Crippen molar-refractivity contribution in [2.24, 2.45) is 0 Å². The van der Waals surface area contributed by atoms with Crippen LogP contribution in [0.15, 0.2) is 48.5 Å². The van der Waals surface area contributed by atoms with Gasteiger partial charge in [0.2, 0.25) is 0 Å². The standard InChI is InChI=1S/C19H23N3O3/c1-20(2)17-10-9-16(13-18(17)22(23)24)19-21(11-6-12-25-19)14-15-7-4-3-5-8-15/h3-5,7-10,13,19H,6,11-12,14H2,1-2H3/t19-/m0/s1. The van der Waals surface area contributed by atoms with Crippen LogP contribution >= 0.6 is 0 Å². The Labute approximate surface area is 147 Å². The fourth-order valence-corrected chi connectivity index (χ4v) is 3.19. The predicted octanol–water partition coefficient (Wildman–Crippen LogP) is 3.58. The highest BCUT2D eigenvalue weighted by Gasteiger charge is 2.27. The molecule has 1 saturated heterocycles. The van der Waals surface area contributed by atoms with E-state index in [0.717, 1.165) is 25.1 Å². The fourth-order valence-electron chi connectivity index (χ4n) is 3.19. The molecule has 1 heterocycles. The summed E-state index contributed by atoms with van der Waals surface area (Å²) in [4.78, 5) is 15.1. The van der Waals surface area contributed by atoms with Crippen LogP contribution in [0.1, 0.15) is 23.8 Å². The smallest absolute Gasteiger partial charge is 0.292 e. The zero-order valence-corrected chi connectivity index (χ0v) is 14.6. The van der Waals surface area contributed by atoms with Crippen LogP contribution in [0.25, 0.3) is 0 Å². The summed E-state index contributed by atoms with van der Waals surface area (Å²) >= 11 is 0. The summed E-state index contributed by atoms with van der Waals surface area (Å²) < 4.78 is 5.97. The Morgan fingerprint density at radius 1 is 1.24 bits per heavy atom. The summed E-state index contributed by atoms with van der Waals surface area (Å²) in [5, 5.41) is 11.5. The van der Waals surface area contributed by atoms with Gasteiger partial charge in [-0.3, -0.25) is 15.0 Å². The average Bonchev–Trinajstić information content (AvgIpc) is 2.62. The minimum atomic E-state index is -0.330. The first-order chi connectivity index (χ1) is 12.1. The van der Waals surface area contributed by atoms with Gasteiger partial charge < -0.3 is 9.64 Å². The van der Waals surface area contributed by atoms with Crippen LogP contribution in [0, 0.1) is 10.1 Å². The van der Waals surface area contributed by atoms with E-state index in [1.54, 1.807) is 31.1 Å². The molecule has 0 N–H and O–H groups in total. The molecule has 0 aromatic heterocycles. The Bertz CT molecular complexity index is 734. The predicted molar refractivity (Wildman–Crippen MR) is 97.6 cm³/mol. The van der Waals surface area contributed by atoms with Gasteiger partial charge in [0.25, 0.3) is 5.69 Å². The molecule has 2 aromatic rings. The van der Waals surface area contributed by atoms with Crippen LogP contribution in [0.5, 0.6) is 0 Å². The van der Waals surface area contributed by atoms with Gasteiger partial charge in [-0.05, 0) is 18.1 Å². The highest BCUT2D eigenvalue weighted by atomic mass is 16.6. The van der Waals surface area contributed by atoms with E-state index in [2.05, 4.69) is 17.0 Å². The first kappa shape index (κ1) is 17.4. The highest BCUT2D eigenvalue weighted by molar-refractivity contribution is 5.63. The lowest BCUT2D eigenvalue weighted by Gasteiger charge is -2.36. The third-order valence-electron chi connectivity index (χ3n) is 4.39. The Kier molecular flexibility index (Phi) is 5.31. The molecule has 1 aliphatic rings. The zero-order chi connectivity index (χ0) is 17.8. The lowest BCUT2D eigenvalue weighted by Crippen LogP contribution is -2.36. The van der Waals surface area contributed by atoms with Crippen LogP contribution in [0.2, 0.25) is 0 Å². The van der Waals surface area contributed by atoms with Gasteiger partial charge in [0.05, 0.1) is 11.5 Å². The lowest BCUT2D eigenvalue weighted by molar-refractivity contribution is -0.384. The number of rotatable bonds is 5. The lowest BCUT2D eigenvalue weighted by atomic mass is 10.1. The second-order valence-corrected chi connectivity index (χ2v) is 6.43. The van der Waals surface area contributed by atoms with E-state index in [4.69, 9.17) is 4.74 Å². The number of benzene rings is 2. The number of hydrogen-bond acceptors (Lipinski definition) is 5. The summed E-state index contributed by atoms with van der Waals surface area (Å²) in [7, 11) is 3.61. The Morgan fingerprint density at radius 2 is 2.00 bits per heavy atom. The zero-order valence-electron chi connectivity index (χ0n) is 14.6. The molecule has 2 aromatic carbocycles. The third-order valence-corrected chi connectivity index (χ3v) is 4.39. The van der Waals surface area contributed by atoms with E-state index in [1.807, 2.05) is 24.3 Å². The van der Waals surface area contributed by atoms with Crippen LogP contribution < -0.4 is 4.90 Å². The molecule has 3 rings (SSSR count). The summed E-state index contributed by atoms with van der Waals surface area (Å²) in [5.74, 6) is 0. The molecule has 1 aliphatic heterocycles.